The highest BCUT2D eigenvalue weighted by Crippen LogP contribution is 2.41. The quantitative estimate of drug-likeness (QED) is 0.749. The van der Waals surface area contributed by atoms with E-state index < -0.39 is 0 Å². The monoisotopic (exact) mass is 367 g/mol. The van der Waals surface area contributed by atoms with Crippen LogP contribution >= 0.6 is 0 Å². The Morgan fingerprint density at radius 1 is 1.33 bits per heavy atom. The summed E-state index contributed by atoms with van der Waals surface area (Å²) in [5.74, 6) is -0.275. The number of pyridine rings is 1. The molecule has 6 heteroatoms. The minimum absolute atomic E-state index is 0.0199. The molecule has 2 heterocycles. The van der Waals surface area contributed by atoms with E-state index in [1.807, 2.05) is 6.07 Å². The first-order valence-corrected chi connectivity index (χ1v) is 9.11. The van der Waals surface area contributed by atoms with E-state index in [-0.39, 0.29) is 29.1 Å². The number of carbonyl (C=O) groups excluding carboxylic acids is 1. The number of carbonyl (C=O) groups is 1. The fraction of sp³-hybridized carbons (Fsp3) is 0.381. The third-order valence-corrected chi connectivity index (χ3v) is 4.75. The van der Waals surface area contributed by atoms with E-state index in [9.17, 15) is 9.18 Å². The van der Waals surface area contributed by atoms with Gasteiger partial charge in [-0.3, -0.25) is 4.79 Å². The number of halogens is 1. The number of benzene rings is 1. The molecule has 0 bridgehead atoms. The number of aromatic nitrogens is 2. The van der Waals surface area contributed by atoms with Crippen LogP contribution in [-0.4, -0.2) is 22.1 Å². The number of nitrogens with zero attached hydrogens (tertiary/aromatic N) is 2. The lowest BCUT2D eigenvalue weighted by atomic mass is 9.90. The van der Waals surface area contributed by atoms with Gasteiger partial charge in [0.1, 0.15) is 5.82 Å². The summed E-state index contributed by atoms with van der Waals surface area (Å²) >= 11 is 0. The Labute approximate surface area is 157 Å². The fourth-order valence-corrected chi connectivity index (χ4v) is 3.35. The first-order chi connectivity index (χ1) is 12.8. The first kappa shape index (κ1) is 17.6. The molecular weight excluding hydrogens is 345 g/mol. The van der Waals surface area contributed by atoms with E-state index in [2.05, 4.69) is 36.2 Å². The maximum Gasteiger partial charge on any atom is 0.257 e. The van der Waals surface area contributed by atoms with E-state index in [1.54, 1.807) is 12.1 Å². The number of amides is 1. The number of hydrogen-bond acceptors (Lipinski definition) is 4. The zero-order chi connectivity index (χ0) is 19.2. The van der Waals surface area contributed by atoms with Crippen LogP contribution in [0.3, 0.4) is 0 Å². The van der Waals surface area contributed by atoms with Crippen LogP contribution in [0.1, 0.15) is 54.7 Å². The predicted octanol–water partition coefficient (Wildman–Crippen LogP) is 4.24. The smallest absolute Gasteiger partial charge is 0.257 e. The molecule has 2 atom stereocenters. The van der Waals surface area contributed by atoms with Crippen molar-refractivity contribution in [3.63, 3.8) is 0 Å². The zero-order valence-corrected chi connectivity index (χ0v) is 15.6. The lowest BCUT2D eigenvalue weighted by molar-refractivity contribution is 0.0950. The molecule has 1 aromatic carbocycles. The lowest BCUT2D eigenvalue weighted by Gasteiger charge is -2.15. The van der Waals surface area contributed by atoms with Crippen molar-refractivity contribution in [2.24, 2.45) is 5.41 Å². The van der Waals surface area contributed by atoms with Crippen molar-refractivity contribution in [2.75, 3.05) is 0 Å². The number of nitrogens with one attached hydrogen (secondary N) is 1. The molecule has 0 unspecified atom stereocenters. The molecule has 3 aromatic rings. The Bertz CT molecular complexity index is 1010. The summed E-state index contributed by atoms with van der Waals surface area (Å²) in [7, 11) is 0. The third kappa shape index (κ3) is 3.84. The number of hydrogen-bond donors (Lipinski definition) is 1. The largest absolute Gasteiger partial charge is 0.349 e. The van der Waals surface area contributed by atoms with Crippen LogP contribution < -0.4 is 5.32 Å². The Kier molecular flexibility index (Phi) is 4.21. The summed E-state index contributed by atoms with van der Waals surface area (Å²) in [6, 6.07) is 8.35. The second-order valence-corrected chi connectivity index (χ2v) is 8.42. The fourth-order valence-electron chi connectivity index (χ4n) is 3.35. The summed E-state index contributed by atoms with van der Waals surface area (Å²) in [6.45, 7) is 6.37. The molecule has 27 heavy (non-hydrogen) atoms. The Balaban J connectivity index is 1.49. The van der Waals surface area contributed by atoms with Crippen LogP contribution in [-0.2, 0) is 6.42 Å². The average Bonchev–Trinajstić information content (AvgIpc) is 3.26. The molecule has 1 aliphatic rings. The standard InChI is InChI=1S/C21H22FN3O2/c1-21(2,3)10-18-16-8-13(11-23-20(16)27-25-18)19(26)24-17-9-15(17)12-5-4-6-14(22)7-12/h4-8,11,15,17H,9-10H2,1-3H3,(H,24,26)/t15-,17-/m1/s1. The highest BCUT2D eigenvalue weighted by Gasteiger charge is 2.39. The molecule has 0 spiro atoms. The van der Waals surface area contributed by atoms with Crippen LogP contribution in [0, 0.1) is 11.2 Å². The van der Waals surface area contributed by atoms with Gasteiger partial charge in [0, 0.05) is 18.2 Å². The highest BCUT2D eigenvalue weighted by molar-refractivity contribution is 5.97. The molecular formula is C21H22FN3O2. The van der Waals surface area contributed by atoms with E-state index in [1.165, 1.54) is 18.3 Å². The van der Waals surface area contributed by atoms with Crippen molar-refractivity contribution >= 4 is 17.0 Å². The van der Waals surface area contributed by atoms with Gasteiger partial charge in [0.25, 0.3) is 11.6 Å². The molecule has 4 rings (SSSR count). The van der Waals surface area contributed by atoms with E-state index in [0.29, 0.717) is 11.3 Å². The average molecular weight is 367 g/mol. The molecule has 0 aliphatic heterocycles. The maximum absolute atomic E-state index is 13.4. The van der Waals surface area contributed by atoms with E-state index in [4.69, 9.17) is 4.52 Å². The molecule has 5 nitrogen and oxygen atoms in total. The van der Waals surface area contributed by atoms with Gasteiger partial charge in [0.05, 0.1) is 16.6 Å². The minimum Gasteiger partial charge on any atom is -0.349 e. The normalized spacial score (nSPS) is 19.3. The number of rotatable bonds is 4. The van der Waals surface area contributed by atoms with Gasteiger partial charge in [0.15, 0.2) is 0 Å². The summed E-state index contributed by atoms with van der Waals surface area (Å²) < 4.78 is 18.7. The summed E-state index contributed by atoms with van der Waals surface area (Å²) in [5, 5.41) is 7.89. The highest BCUT2D eigenvalue weighted by atomic mass is 19.1. The van der Waals surface area contributed by atoms with Crippen LogP contribution in [0.25, 0.3) is 11.1 Å². The Hall–Kier alpha value is -2.76. The summed E-state index contributed by atoms with van der Waals surface area (Å²) in [4.78, 5) is 16.9. The molecule has 1 amide bonds. The Morgan fingerprint density at radius 2 is 2.15 bits per heavy atom. The van der Waals surface area contributed by atoms with Gasteiger partial charge in [-0.2, -0.15) is 0 Å². The molecule has 2 aromatic heterocycles. The van der Waals surface area contributed by atoms with Crippen molar-refractivity contribution in [1.29, 1.82) is 0 Å². The van der Waals surface area contributed by atoms with E-state index >= 15 is 0 Å². The molecule has 1 saturated carbocycles. The maximum atomic E-state index is 13.4. The molecule has 0 saturated heterocycles. The number of fused-ring (bicyclic) bond motifs is 1. The topological polar surface area (TPSA) is 68.0 Å². The lowest BCUT2D eigenvalue weighted by Crippen LogP contribution is -2.26. The van der Waals surface area contributed by atoms with Crippen LogP contribution in [0.4, 0.5) is 4.39 Å². The van der Waals surface area contributed by atoms with Gasteiger partial charge >= 0.3 is 0 Å². The van der Waals surface area contributed by atoms with Crippen LogP contribution in [0.2, 0.25) is 0 Å². The van der Waals surface area contributed by atoms with Gasteiger partial charge in [-0.1, -0.05) is 38.1 Å². The van der Waals surface area contributed by atoms with Crippen molar-refractivity contribution in [3.8, 4) is 0 Å². The zero-order valence-electron chi connectivity index (χ0n) is 15.6. The molecule has 1 fully saturated rings. The minimum atomic E-state index is -0.252. The van der Waals surface area contributed by atoms with Gasteiger partial charge in [0.2, 0.25) is 0 Å². The summed E-state index contributed by atoms with van der Waals surface area (Å²) in [6.07, 6.45) is 3.05. The second kappa shape index (κ2) is 6.44. The predicted molar refractivity (Wildman–Crippen MR) is 100.0 cm³/mol. The van der Waals surface area contributed by atoms with Gasteiger partial charge in [-0.05, 0) is 42.0 Å². The van der Waals surface area contributed by atoms with Gasteiger partial charge in [-0.15, -0.1) is 0 Å². The van der Waals surface area contributed by atoms with Gasteiger partial charge < -0.3 is 9.84 Å². The van der Waals surface area contributed by atoms with E-state index in [0.717, 1.165) is 29.5 Å². The molecule has 140 valence electrons. The summed E-state index contributed by atoms with van der Waals surface area (Å²) in [5.41, 5.74) is 2.69. The Morgan fingerprint density at radius 3 is 2.89 bits per heavy atom. The first-order valence-electron chi connectivity index (χ1n) is 9.11. The molecule has 1 N–H and O–H groups in total. The van der Waals surface area contributed by atoms with Crippen molar-refractivity contribution in [1.82, 2.24) is 15.5 Å². The van der Waals surface area contributed by atoms with Crippen LogP contribution in [0.5, 0.6) is 0 Å². The molecule has 0 radical (unpaired) electrons. The van der Waals surface area contributed by atoms with Gasteiger partial charge in [-0.25, -0.2) is 9.37 Å². The second-order valence-electron chi connectivity index (χ2n) is 8.42. The van der Waals surface area contributed by atoms with Crippen molar-refractivity contribution in [2.45, 2.75) is 45.6 Å². The third-order valence-electron chi connectivity index (χ3n) is 4.75. The van der Waals surface area contributed by atoms with Crippen molar-refractivity contribution in [3.05, 3.63) is 59.2 Å². The molecule has 1 aliphatic carbocycles. The SMILES string of the molecule is CC(C)(C)Cc1noc2ncc(C(=O)N[C@@H]3C[C@@H]3c3cccc(F)c3)cc12. The van der Waals surface area contributed by atoms with Crippen LogP contribution in [0.15, 0.2) is 41.1 Å². The van der Waals surface area contributed by atoms with Crippen molar-refractivity contribution < 1.29 is 13.7 Å².